The van der Waals surface area contributed by atoms with Crippen molar-refractivity contribution >= 4 is 44.8 Å². The summed E-state index contributed by atoms with van der Waals surface area (Å²) in [7, 11) is -2.14. The van der Waals surface area contributed by atoms with E-state index in [-0.39, 0.29) is 47.0 Å². The molecule has 3 aromatic rings. The Morgan fingerprint density at radius 1 is 1.13 bits per heavy atom. The van der Waals surface area contributed by atoms with E-state index in [1.807, 2.05) is 0 Å². The van der Waals surface area contributed by atoms with Gasteiger partial charge < -0.3 is 26.4 Å². The Balaban J connectivity index is 1.82. The highest BCUT2D eigenvalue weighted by molar-refractivity contribution is 7.91. The van der Waals surface area contributed by atoms with Gasteiger partial charge in [0.25, 0.3) is 11.8 Å². The normalized spacial score (nSPS) is 11.8. The number of benzene rings is 2. The lowest BCUT2D eigenvalue weighted by Gasteiger charge is -2.20. The van der Waals surface area contributed by atoms with Crippen LogP contribution in [0.25, 0.3) is 0 Å². The fraction of sp³-hybridized carbons (Fsp3) is 0.231. The van der Waals surface area contributed by atoms with Gasteiger partial charge in [0, 0.05) is 52.9 Å². The zero-order chi connectivity index (χ0) is 28.6. The number of likely N-dealkylation sites (N-methyl/N-ethyl adjacent to an activating group) is 1. The summed E-state index contributed by atoms with van der Waals surface area (Å²) in [5.41, 5.74) is 7.32. The van der Waals surface area contributed by atoms with Crippen molar-refractivity contribution in [3.63, 3.8) is 0 Å². The molecular formula is C26H29ClN6O5S. The number of anilines is 1. The van der Waals surface area contributed by atoms with Crippen molar-refractivity contribution in [1.82, 2.24) is 15.6 Å². The van der Waals surface area contributed by atoms with Gasteiger partial charge in [-0.05, 0) is 36.4 Å². The number of hydrogen-bond donors (Lipinski definition) is 5. The fourth-order valence-corrected chi connectivity index (χ4v) is 4.89. The number of hydrogen-bond acceptors (Lipinski definition) is 8. The van der Waals surface area contributed by atoms with Gasteiger partial charge in [0.15, 0.2) is 21.8 Å². The molecule has 0 bridgehead atoms. The molecule has 206 valence electrons. The number of nitrogen functional groups attached to an aromatic ring is 1. The number of carbonyl (C=O) groups is 2. The number of rotatable bonds is 12. The Labute approximate surface area is 231 Å². The Hall–Kier alpha value is -4.16. The largest absolute Gasteiger partial charge is 0.483 e. The quantitative estimate of drug-likeness (QED) is 0.162. The highest BCUT2D eigenvalue weighted by atomic mass is 35.5. The number of amides is 2. The van der Waals surface area contributed by atoms with Crippen LogP contribution in [0.1, 0.15) is 39.5 Å². The molecule has 1 heterocycles. The first-order valence-corrected chi connectivity index (χ1v) is 13.9. The summed E-state index contributed by atoms with van der Waals surface area (Å²) in [4.78, 5) is 28.9. The summed E-state index contributed by atoms with van der Waals surface area (Å²) in [6, 6.07) is 14.2. The monoisotopic (exact) mass is 572 g/mol. The summed E-state index contributed by atoms with van der Waals surface area (Å²) in [5.74, 6) is -0.860. The number of nitrogens with zero attached hydrogens (tertiary/aromatic N) is 1. The minimum Gasteiger partial charge on any atom is -0.483 e. The summed E-state index contributed by atoms with van der Waals surface area (Å²) in [6.07, 6.45) is 1.50. The van der Waals surface area contributed by atoms with E-state index in [1.165, 1.54) is 37.5 Å². The smallest absolute Gasteiger partial charge is 0.257 e. The standard InChI is InChI=1S/C26H29ClN6O5S/c1-3-39(36,37)26(21-6-4-5-9-31-21)33-20-11-18(10-19(27)13-20)25(35)32-14-17-8-7-16(24(28)29)12-22(17)38-15-23(34)30-2/h4-13,26,33H,3,14-15H2,1-2H3,(H3,28,29)(H,30,34)(H,32,35). The van der Waals surface area contributed by atoms with Gasteiger partial charge in [0.1, 0.15) is 11.6 Å². The van der Waals surface area contributed by atoms with Crippen molar-refractivity contribution in [2.75, 3.05) is 24.7 Å². The fourth-order valence-electron chi connectivity index (χ4n) is 3.50. The molecule has 13 heteroatoms. The van der Waals surface area contributed by atoms with Crippen molar-refractivity contribution in [2.24, 2.45) is 5.73 Å². The van der Waals surface area contributed by atoms with Crippen LogP contribution in [0.5, 0.6) is 5.75 Å². The van der Waals surface area contributed by atoms with Crippen LogP contribution in [0.15, 0.2) is 60.8 Å². The molecule has 0 radical (unpaired) electrons. The van der Waals surface area contributed by atoms with Crippen molar-refractivity contribution in [2.45, 2.75) is 18.8 Å². The maximum atomic E-state index is 13.0. The van der Waals surface area contributed by atoms with Gasteiger partial charge in [0.05, 0.1) is 5.69 Å². The average molecular weight is 573 g/mol. The number of aromatic nitrogens is 1. The van der Waals surface area contributed by atoms with E-state index in [0.717, 1.165) is 0 Å². The Kier molecular flexibility index (Phi) is 9.85. The lowest BCUT2D eigenvalue weighted by molar-refractivity contribution is -0.122. The average Bonchev–Trinajstić information content (AvgIpc) is 2.93. The molecular weight excluding hydrogens is 544 g/mol. The molecule has 2 amide bonds. The van der Waals surface area contributed by atoms with Gasteiger partial charge in [0.2, 0.25) is 0 Å². The van der Waals surface area contributed by atoms with Gasteiger partial charge in [-0.3, -0.25) is 20.0 Å². The molecule has 0 saturated carbocycles. The number of pyridine rings is 1. The van der Waals surface area contributed by atoms with E-state index in [2.05, 4.69) is 20.9 Å². The number of sulfone groups is 1. The summed E-state index contributed by atoms with van der Waals surface area (Å²) >= 11 is 6.27. The first-order valence-electron chi connectivity index (χ1n) is 11.8. The molecule has 0 spiro atoms. The third-order valence-electron chi connectivity index (χ3n) is 5.63. The molecule has 0 aliphatic carbocycles. The molecule has 1 atom stereocenters. The third kappa shape index (κ3) is 7.91. The first-order chi connectivity index (χ1) is 18.5. The highest BCUT2D eigenvalue weighted by Gasteiger charge is 2.27. The highest BCUT2D eigenvalue weighted by Crippen LogP contribution is 2.27. The van der Waals surface area contributed by atoms with Crippen molar-refractivity contribution in [1.29, 1.82) is 5.41 Å². The number of amidine groups is 1. The second-order valence-electron chi connectivity index (χ2n) is 8.34. The number of carbonyl (C=O) groups excluding carboxylic acids is 2. The second kappa shape index (κ2) is 13.1. The minimum absolute atomic E-state index is 0.0240. The number of nitrogens with one attached hydrogen (secondary N) is 4. The molecule has 0 aliphatic heterocycles. The SMILES string of the molecule is CCS(=O)(=O)C(Nc1cc(Cl)cc(C(=O)NCc2ccc(C(=N)N)cc2OCC(=O)NC)c1)c1ccccn1. The molecule has 0 aliphatic rings. The van der Waals surface area contributed by atoms with Crippen LogP contribution in [0.3, 0.4) is 0 Å². The van der Waals surface area contributed by atoms with E-state index in [1.54, 1.807) is 37.3 Å². The van der Waals surface area contributed by atoms with E-state index in [0.29, 0.717) is 22.5 Å². The molecule has 11 nitrogen and oxygen atoms in total. The summed E-state index contributed by atoms with van der Waals surface area (Å²) in [6.45, 7) is 1.30. The minimum atomic E-state index is -3.62. The van der Waals surface area contributed by atoms with Crippen LogP contribution in [0.4, 0.5) is 5.69 Å². The van der Waals surface area contributed by atoms with Crippen LogP contribution < -0.4 is 26.4 Å². The van der Waals surface area contributed by atoms with Gasteiger partial charge in [-0.1, -0.05) is 36.7 Å². The molecule has 0 saturated heterocycles. The number of nitrogens with two attached hydrogens (primary N) is 1. The molecule has 0 fully saturated rings. The zero-order valence-corrected chi connectivity index (χ0v) is 22.9. The van der Waals surface area contributed by atoms with Crippen molar-refractivity contribution in [3.05, 3.63) is 88.2 Å². The second-order valence-corrected chi connectivity index (χ2v) is 11.2. The molecule has 6 N–H and O–H groups in total. The lowest BCUT2D eigenvalue weighted by atomic mass is 10.1. The van der Waals surface area contributed by atoms with Gasteiger partial charge in [-0.2, -0.15) is 0 Å². The van der Waals surface area contributed by atoms with E-state index in [9.17, 15) is 18.0 Å². The third-order valence-corrected chi connectivity index (χ3v) is 7.73. The maximum absolute atomic E-state index is 13.0. The Morgan fingerprint density at radius 2 is 1.90 bits per heavy atom. The number of ether oxygens (including phenoxy) is 1. The summed E-state index contributed by atoms with van der Waals surface area (Å²) in [5, 5.41) is 14.9. The predicted octanol–water partition coefficient (Wildman–Crippen LogP) is 2.62. The van der Waals surface area contributed by atoms with Crippen LogP contribution in [-0.4, -0.2) is 50.5 Å². The first kappa shape index (κ1) is 29.4. The lowest BCUT2D eigenvalue weighted by Crippen LogP contribution is -2.27. The molecule has 3 rings (SSSR count). The van der Waals surface area contributed by atoms with Gasteiger partial charge in [-0.15, -0.1) is 0 Å². The van der Waals surface area contributed by atoms with Crippen LogP contribution >= 0.6 is 11.6 Å². The van der Waals surface area contributed by atoms with Crippen molar-refractivity contribution in [3.8, 4) is 5.75 Å². The van der Waals surface area contributed by atoms with Crippen molar-refractivity contribution < 1.29 is 22.7 Å². The molecule has 39 heavy (non-hydrogen) atoms. The van der Waals surface area contributed by atoms with Gasteiger partial charge in [-0.25, -0.2) is 8.42 Å². The summed E-state index contributed by atoms with van der Waals surface area (Å²) < 4.78 is 31.2. The van der Waals surface area contributed by atoms with E-state index in [4.69, 9.17) is 27.5 Å². The maximum Gasteiger partial charge on any atom is 0.257 e. The van der Waals surface area contributed by atoms with Gasteiger partial charge >= 0.3 is 0 Å². The predicted molar refractivity (Wildman–Crippen MR) is 150 cm³/mol. The molecule has 2 aromatic carbocycles. The Bertz CT molecular complexity index is 1470. The molecule has 1 unspecified atom stereocenters. The van der Waals surface area contributed by atoms with Crippen LogP contribution in [0, 0.1) is 5.41 Å². The van der Waals surface area contributed by atoms with Crippen LogP contribution in [-0.2, 0) is 21.2 Å². The Morgan fingerprint density at radius 3 is 2.54 bits per heavy atom. The van der Waals surface area contributed by atoms with E-state index < -0.39 is 21.1 Å². The zero-order valence-electron chi connectivity index (χ0n) is 21.3. The molecule has 1 aromatic heterocycles. The van der Waals surface area contributed by atoms with E-state index >= 15 is 0 Å². The van der Waals surface area contributed by atoms with Crippen LogP contribution in [0.2, 0.25) is 5.02 Å². The topological polar surface area (TPSA) is 176 Å². The number of halogens is 1.